The predicted octanol–water partition coefficient (Wildman–Crippen LogP) is 9.54. The maximum absolute atomic E-state index is 14.1. The van der Waals surface area contributed by atoms with E-state index in [2.05, 4.69) is 9.97 Å². The normalized spacial score (nSPS) is 16.5. The number of nitrogens with zero attached hydrogens (tertiary/aromatic N) is 4. The van der Waals surface area contributed by atoms with Crippen LogP contribution in [0.3, 0.4) is 0 Å². The summed E-state index contributed by atoms with van der Waals surface area (Å²) < 4.78 is 141. The highest BCUT2D eigenvalue weighted by Gasteiger charge is 2.42. The summed E-state index contributed by atoms with van der Waals surface area (Å²) in [6.45, 7) is 7.31. The van der Waals surface area contributed by atoms with Crippen molar-refractivity contribution in [3.63, 3.8) is 0 Å². The lowest BCUT2D eigenvalue weighted by molar-refractivity contribution is -0.155. The number of amides is 1. The van der Waals surface area contributed by atoms with Crippen molar-refractivity contribution in [1.29, 1.82) is 0 Å². The summed E-state index contributed by atoms with van der Waals surface area (Å²) in [5.74, 6) is -0.820. The molecule has 0 bridgehead atoms. The third-order valence-corrected chi connectivity index (χ3v) is 8.01. The predicted molar refractivity (Wildman–Crippen MR) is 173 cm³/mol. The van der Waals surface area contributed by atoms with E-state index in [-0.39, 0.29) is 61.5 Å². The molecule has 18 heteroatoms. The Hall–Kier alpha value is -4.77. The fourth-order valence-electron chi connectivity index (χ4n) is 5.79. The second kappa shape index (κ2) is 15.7. The number of esters is 1. The van der Waals surface area contributed by atoms with Crippen LogP contribution < -0.4 is 14.5 Å². The van der Waals surface area contributed by atoms with Crippen LogP contribution in [0.15, 0.2) is 48.8 Å². The number of carbonyl (C=O) groups is 2. The van der Waals surface area contributed by atoms with Gasteiger partial charge in [0.1, 0.15) is 5.60 Å². The zero-order chi connectivity index (χ0) is 39.5. The number of rotatable bonds is 10. The zero-order valence-corrected chi connectivity index (χ0v) is 29.2. The van der Waals surface area contributed by atoms with Crippen molar-refractivity contribution >= 4 is 23.7 Å². The summed E-state index contributed by atoms with van der Waals surface area (Å²) in [5.41, 5.74) is -5.68. The maximum atomic E-state index is 14.1. The third kappa shape index (κ3) is 10.4. The van der Waals surface area contributed by atoms with Crippen molar-refractivity contribution in [2.75, 3.05) is 23.0 Å². The van der Waals surface area contributed by atoms with Crippen molar-refractivity contribution in [3.05, 3.63) is 76.6 Å². The summed E-state index contributed by atoms with van der Waals surface area (Å²) >= 11 is 0. The van der Waals surface area contributed by atoms with Crippen LogP contribution in [0.4, 0.5) is 55.9 Å². The molecule has 1 amide bonds. The van der Waals surface area contributed by atoms with Crippen LogP contribution in [0.2, 0.25) is 0 Å². The Morgan fingerprint density at radius 2 is 1.43 bits per heavy atom. The van der Waals surface area contributed by atoms with Gasteiger partial charge in [-0.3, -0.25) is 9.69 Å². The number of hydrogen-bond acceptors (Lipinski definition) is 8. The smallest absolute Gasteiger partial charge is 0.416 e. The van der Waals surface area contributed by atoms with Gasteiger partial charge >= 0.3 is 30.6 Å². The first kappa shape index (κ1) is 41.0. The SMILES string of the molecule is CCOC(=O)N1c2ccc(C(F)(F)F)cc2[C@@H](N(Cc2cc(C(F)(F)F)cc(C(F)(F)F)c2)c2ncc(OCCC(=O)OC(C)(C)C)cn2)C[C@H]1CC. The van der Waals surface area contributed by atoms with Gasteiger partial charge in [-0.15, -0.1) is 0 Å². The van der Waals surface area contributed by atoms with E-state index in [9.17, 15) is 49.1 Å². The van der Waals surface area contributed by atoms with Crippen LogP contribution in [0.25, 0.3) is 0 Å². The Kier molecular flexibility index (Phi) is 12.1. The molecule has 0 spiro atoms. The van der Waals surface area contributed by atoms with Gasteiger partial charge in [0.25, 0.3) is 0 Å². The molecule has 0 saturated heterocycles. The number of halogens is 9. The van der Waals surface area contributed by atoms with Gasteiger partial charge in [-0.05, 0) is 88.1 Å². The van der Waals surface area contributed by atoms with E-state index in [0.717, 1.165) is 30.6 Å². The molecule has 0 aliphatic carbocycles. The Morgan fingerprint density at radius 3 is 1.94 bits per heavy atom. The van der Waals surface area contributed by atoms with Gasteiger partial charge in [0.05, 0.1) is 60.4 Å². The lowest BCUT2D eigenvalue weighted by Gasteiger charge is -2.44. The molecule has 0 radical (unpaired) electrons. The Bertz CT molecular complexity index is 1720. The quantitative estimate of drug-likeness (QED) is 0.149. The van der Waals surface area contributed by atoms with Crippen molar-refractivity contribution in [3.8, 4) is 5.75 Å². The number of ether oxygens (including phenoxy) is 3. The molecule has 2 atom stereocenters. The highest BCUT2D eigenvalue weighted by molar-refractivity contribution is 5.90. The largest absolute Gasteiger partial charge is 0.490 e. The van der Waals surface area contributed by atoms with Crippen LogP contribution in [-0.4, -0.2) is 46.9 Å². The molecule has 9 nitrogen and oxygen atoms in total. The summed E-state index contributed by atoms with van der Waals surface area (Å²) in [7, 11) is 0. The van der Waals surface area contributed by atoms with Crippen molar-refractivity contribution in [2.45, 2.75) is 96.6 Å². The van der Waals surface area contributed by atoms with Crippen LogP contribution in [0.5, 0.6) is 5.75 Å². The molecular formula is C35H37F9N4O5. The molecule has 0 unspecified atom stereocenters. The Morgan fingerprint density at radius 1 is 0.849 bits per heavy atom. The van der Waals surface area contributed by atoms with Gasteiger partial charge in [-0.25, -0.2) is 14.8 Å². The zero-order valence-electron chi connectivity index (χ0n) is 29.2. The molecule has 0 fully saturated rings. The van der Waals surface area contributed by atoms with Crippen molar-refractivity contribution < 1.29 is 63.3 Å². The average Bonchev–Trinajstić information content (AvgIpc) is 3.04. The number of carbonyl (C=O) groups excluding carboxylic acids is 2. The highest BCUT2D eigenvalue weighted by atomic mass is 19.4. The van der Waals surface area contributed by atoms with Gasteiger partial charge in [-0.2, -0.15) is 39.5 Å². The molecular weight excluding hydrogens is 727 g/mol. The molecule has 1 aliphatic rings. The maximum Gasteiger partial charge on any atom is 0.416 e. The number of fused-ring (bicyclic) bond motifs is 1. The number of anilines is 2. The van der Waals surface area contributed by atoms with Crippen LogP contribution in [-0.2, 0) is 39.3 Å². The summed E-state index contributed by atoms with van der Waals surface area (Å²) in [5, 5.41) is 0. The van der Waals surface area contributed by atoms with E-state index in [4.69, 9.17) is 14.2 Å². The fourth-order valence-corrected chi connectivity index (χ4v) is 5.79. The van der Waals surface area contributed by atoms with Crippen molar-refractivity contribution in [1.82, 2.24) is 9.97 Å². The number of hydrogen-bond donors (Lipinski definition) is 0. The topological polar surface area (TPSA) is 94.1 Å². The van der Waals surface area contributed by atoms with Crippen LogP contribution in [0.1, 0.15) is 87.7 Å². The van der Waals surface area contributed by atoms with E-state index < -0.39 is 77.1 Å². The standard InChI is InChI=1S/C35H37F9N4O5/c1-6-24-16-28(26-15-21(33(36,37)38)8-9-27(26)48(24)31(50)51-7-2)47(19-20-12-22(34(39,40)41)14-23(13-20)35(42,43)44)30-45-17-25(18-46-30)52-11-10-29(49)53-32(3,4)5/h8-9,12-15,17-18,24,28H,6-7,10-11,16,19H2,1-5H3/t24-,28+/m1/s1. The van der Waals surface area contributed by atoms with Gasteiger partial charge in [0, 0.05) is 12.6 Å². The minimum Gasteiger partial charge on any atom is -0.490 e. The number of alkyl halides is 9. The van der Waals surface area contributed by atoms with Gasteiger partial charge < -0.3 is 19.1 Å². The average molecular weight is 765 g/mol. The summed E-state index contributed by atoms with van der Waals surface area (Å²) in [6.07, 6.45) is -13.9. The first-order valence-corrected chi connectivity index (χ1v) is 16.4. The monoisotopic (exact) mass is 764 g/mol. The van der Waals surface area contributed by atoms with E-state index in [0.29, 0.717) is 12.1 Å². The molecule has 2 heterocycles. The third-order valence-electron chi connectivity index (χ3n) is 8.01. The molecule has 53 heavy (non-hydrogen) atoms. The molecule has 0 N–H and O–H groups in total. The van der Waals surface area contributed by atoms with Crippen LogP contribution in [0, 0.1) is 0 Å². The van der Waals surface area contributed by atoms with E-state index in [1.54, 1.807) is 27.7 Å². The molecule has 2 aromatic carbocycles. The lowest BCUT2D eigenvalue weighted by atomic mass is 9.87. The van der Waals surface area contributed by atoms with Crippen molar-refractivity contribution in [2.24, 2.45) is 0 Å². The number of aromatic nitrogens is 2. The van der Waals surface area contributed by atoms with Crippen LogP contribution >= 0.6 is 0 Å². The molecule has 0 saturated carbocycles. The van der Waals surface area contributed by atoms with E-state index >= 15 is 0 Å². The van der Waals surface area contributed by atoms with Gasteiger partial charge in [0.2, 0.25) is 5.95 Å². The Balaban J connectivity index is 1.85. The first-order valence-electron chi connectivity index (χ1n) is 16.4. The lowest BCUT2D eigenvalue weighted by Crippen LogP contribution is -2.48. The van der Waals surface area contributed by atoms with Gasteiger partial charge in [0.15, 0.2) is 5.75 Å². The minimum absolute atomic E-state index is 0.00771. The molecule has 3 aromatic rings. The molecule has 4 rings (SSSR count). The fraction of sp³-hybridized carbons (Fsp3) is 0.486. The Labute approximate surface area is 299 Å². The molecule has 1 aromatic heterocycles. The summed E-state index contributed by atoms with van der Waals surface area (Å²) in [4.78, 5) is 36.0. The number of benzene rings is 2. The van der Waals surface area contributed by atoms with E-state index in [1.165, 1.54) is 16.7 Å². The van der Waals surface area contributed by atoms with Gasteiger partial charge in [-0.1, -0.05) is 6.92 Å². The molecule has 1 aliphatic heterocycles. The highest BCUT2D eigenvalue weighted by Crippen LogP contribution is 2.46. The van der Waals surface area contributed by atoms with E-state index in [1.807, 2.05) is 0 Å². The summed E-state index contributed by atoms with van der Waals surface area (Å²) in [6, 6.07) is 1.61. The second-order valence-corrected chi connectivity index (χ2v) is 13.1. The second-order valence-electron chi connectivity index (χ2n) is 13.1. The molecule has 290 valence electrons. The first-order chi connectivity index (χ1) is 24.5. The minimum atomic E-state index is -5.18.